The van der Waals surface area contributed by atoms with Crippen LogP contribution in [0.3, 0.4) is 0 Å². The fraction of sp³-hybridized carbons (Fsp3) is 0.760. The molecule has 0 aromatic carbocycles. The van der Waals surface area contributed by atoms with Gasteiger partial charge < -0.3 is 9.47 Å². The number of amides is 4. The van der Waals surface area contributed by atoms with E-state index in [0.29, 0.717) is 25.7 Å². The molecule has 2 saturated carbocycles. The van der Waals surface area contributed by atoms with Crippen LogP contribution in [0, 0.1) is 23.7 Å². The summed E-state index contributed by atoms with van der Waals surface area (Å²) in [6.45, 7) is 2.86. The van der Waals surface area contributed by atoms with Crippen molar-refractivity contribution in [3.8, 4) is 0 Å². The molecule has 10 nitrogen and oxygen atoms in total. The minimum atomic E-state index is -1.00. The fourth-order valence-corrected chi connectivity index (χ4v) is 6.00. The van der Waals surface area contributed by atoms with Gasteiger partial charge in [0.05, 0.1) is 36.9 Å². The molecule has 6 atom stereocenters. The minimum Gasteiger partial charge on any atom is -0.464 e. The molecule has 2 aliphatic carbocycles. The maximum Gasteiger partial charge on any atom is 0.329 e. The van der Waals surface area contributed by atoms with Gasteiger partial charge in [0, 0.05) is 6.42 Å². The van der Waals surface area contributed by atoms with Crippen LogP contribution in [0.1, 0.15) is 71.6 Å². The quantitative estimate of drug-likeness (QED) is 0.285. The Morgan fingerprint density at radius 3 is 1.23 bits per heavy atom. The number of ether oxygens (including phenoxy) is 2. The number of hydrogen-bond acceptors (Lipinski definition) is 8. The van der Waals surface area contributed by atoms with Crippen molar-refractivity contribution in [3.63, 3.8) is 0 Å². The summed E-state index contributed by atoms with van der Waals surface area (Å²) in [4.78, 5) is 77.5. The molecular weight excluding hydrogens is 456 g/mol. The summed E-state index contributed by atoms with van der Waals surface area (Å²) in [5.74, 6) is -3.84. The molecule has 0 spiro atoms. The third kappa shape index (κ3) is 4.71. The first-order valence-electron chi connectivity index (χ1n) is 12.8. The van der Waals surface area contributed by atoms with E-state index in [2.05, 4.69) is 0 Å². The van der Waals surface area contributed by atoms with Crippen molar-refractivity contribution in [2.24, 2.45) is 23.7 Å². The second-order valence-corrected chi connectivity index (χ2v) is 10.1. The van der Waals surface area contributed by atoms with Crippen LogP contribution in [0.25, 0.3) is 0 Å². The van der Waals surface area contributed by atoms with E-state index in [9.17, 15) is 28.8 Å². The Hall–Kier alpha value is -2.78. The average molecular weight is 491 g/mol. The molecule has 4 amide bonds. The highest BCUT2D eigenvalue weighted by molar-refractivity contribution is 6.08. The highest BCUT2D eigenvalue weighted by Gasteiger charge is 2.52. The van der Waals surface area contributed by atoms with Gasteiger partial charge in [0.1, 0.15) is 12.1 Å². The number of carbonyl (C=O) groups is 6. The van der Waals surface area contributed by atoms with Crippen LogP contribution in [0.4, 0.5) is 0 Å². The summed E-state index contributed by atoms with van der Waals surface area (Å²) in [6.07, 6.45) is 6.53. The van der Waals surface area contributed by atoms with Crippen molar-refractivity contribution in [1.29, 1.82) is 0 Å². The molecule has 10 heteroatoms. The molecule has 0 N–H and O–H groups in total. The second-order valence-electron chi connectivity index (χ2n) is 10.1. The Morgan fingerprint density at radius 2 is 0.943 bits per heavy atom. The van der Waals surface area contributed by atoms with Crippen molar-refractivity contribution >= 4 is 35.6 Å². The maximum atomic E-state index is 12.6. The van der Waals surface area contributed by atoms with Gasteiger partial charge in [0.15, 0.2) is 0 Å². The van der Waals surface area contributed by atoms with Crippen LogP contribution >= 0.6 is 0 Å². The third-order valence-electron chi connectivity index (χ3n) is 7.98. The van der Waals surface area contributed by atoms with Crippen LogP contribution in [-0.4, -0.2) is 70.7 Å². The molecule has 0 bridgehead atoms. The molecule has 4 unspecified atom stereocenters. The van der Waals surface area contributed by atoms with Gasteiger partial charge >= 0.3 is 11.9 Å². The Bertz CT molecular complexity index is 797. The summed E-state index contributed by atoms with van der Waals surface area (Å²) in [5.41, 5.74) is 0. The largest absolute Gasteiger partial charge is 0.464 e. The predicted molar refractivity (Wildman–Crippen MR) is 120 cm³/mol. The Kier molecular flexibility index (Phi) is 7.56. The van der Waals surface area contributed by atoms with Gasteiger partial charge in [0.2, 0.25) is 23.6 Å². The second kappa shape index (κ2) is 10.5. The van der Waals surface area contributed by atoms with E-state index in [1.807, 2.05) is 0 Å². The number of imide groups is 2. The summed E-state index contributed by atoms with van der Waals surface area (Å²) < 4.78 is 10.4. The zero-order chi connectivity index (χ0) is 25.3. The maximum absolute atomic E-state index is 12.6. The van der Waals surface area contributed by atoms with E-state index in [4.69, 9.17) is 9.47 Å². The van der Waals surface area contributed by atoms with E-state index >= 15 is 0 Å². The van der Waals surface area contributed by atoms with Crippen molar-refractivity contribution in [1.82, 2.24) is 9.80 Å². The molecule has 0 aromatic heterocycles. The summed E-state index contributed by atoms with van der Waals surface area (Å²) >= 11 is 0. The van der Waals surface area contributed by atoms with Gasteiger partial charge in [-0.1, -0.05) is 25.7 Å². The van der Waals surface area contributed by atoms with Crippen LogP contribution in [0.5, 0.6) is 0 Å². The summed E-state index contributed by atoms with van der Waals surface area (Å²) in [6, 6.07) is -2.00. The number of rotatable bonds is 8. The van der Waals surface area contributed by atoms with Gasteiger partial charge in [-0.25, -0.2) is 9.59 Å². The van der Waals surface area contributed by atoms with Crippen LogP contribution in [-0.2, 0) is 38.2 Å². The molecule has 4 aliphatic rings. The molecule has 35 heavy (non-hydrogen) atoms. The standard InChI is InChI=1S/C25H34N2O8/c1-14(26-20(28)16-8-3-4-9-17(16)21(26)29)24(32)34-12-7-13-35-25(33)15(2)27-22(30)18-10-5-6-11-19(18)23(27)31/h14-19H,3-13H2,1-2H3/t14-,15-,16?,17?,18?,19?/m0/s1. The number of hydrogen-bond donors (Lipinski definition) is 0. The number of fused-ring (bicyclic) bond motifs is 2. The molecule has 4 rings (SSSR count). The van der Waals surface area contributed by atoms with Gasteiger partial charge in [-0.15, -0.1) is 0 Å². The lowest BCUT2D eigenvalue weighted by molar-refractivity contribution is -0.160. The number of esters is 2. The van der Waals surface area contributed by atoms with E-state index in [1.54, 1.807) is 0 Å². The molecular formula is C25H34N2O8. The SMILES string of the molecule is C[C@@H](C(=O)OCCCOC(=O)[C@H](C)N1C(=O)C2CCCCC2C1=O)N1C(=O)C2CCCCC2C1=O. The fourth-order valence-electron chi connectivity index (χ4n) is 6.00. The highest BCUT2D eigenvalue weighted by atomic mass is 16.5. The monoisotopic (exact) mass is 490 g/mol. The first-order valence-corrected chi connectivity index (χ1v) is 12.8. The lowest BCUT2D eigenvalue weighted by atomic mass is 9.81. The van der Waals surface area contributed by atoms with Crippen LogP contribution in [0.15, 0.2) is 0 Å². The zero-order valence-electron chi connectivity index (χ0n) is 20.4. The van der Waals surface area contributed by atoms with E-state index in [1.165, 1.54) is 13.8 Å². The van der Waals surface area contributed by atoms with Crippen molar-refractivity contribution in [2.75, 3.05) is 13.2 Å². The number of nitrogens with zero attached hydrogens (tertiary/aromatic N) is 2. The minimum absolute atomic E-state index is 0.0559. The molecule has 2 aliphatic heterocycles. The molecule has 2 saturated heterocycles. The molecule has 2 heterocycles. The lowest BCUT2D eigenvalue weighted by Crippen LogP contribution is -2.45. The van der Waals surface area contributed by atoms with Crippen molar-refractivity contribution < 1.29 is 38.2 Å². The predicted octanol–water partition coefficient (Wildman–Crippen LogP) is 1.59. The lowest BCUT2D eigenvalue weighted by Gasteiger charge is -2.22. The molecule has 0 aromatic rings. The first-order chi connectivity index (χ1) is 16.7. The highest BCUT2D eigenvalue weighted by Crippen LogP contribution is 2.40. The molecule has 0 radical (unpaired) electrons. The normalized spacial score (nSPS) is 30.1. The Morgan fingerprint density at radius 1 is 0.657 bits per heavy atom. The number of likely N-dealkylation sites (tertiary alicyclic amines) is 2. The van der Waals surface area contributed by atoms with Crippen molar-refractivity contribution in [3.05, 3.63) is 0 Å². The third-order valence-corrected chi connectivity index (χ3v) is 7.98. The molecule has 192 valence electrons. The van der Waals surface area contributed by atoms with Crippen LogP contribution in [0.2, 0.25) is 0 Å². The van der Waals surface area contributed by atoms with E-state index < -0.39 is 24.0 Å². The van der Waals surface area contributed by atoms with Crippen LogP contribution < -0.4 is 0 Å². The van der Waals surface area contributed by atoms with Crippen molar-refractivity contribution in [2.45, 2.75) is 83.7 Å². The topological polar surface area (TPSA) is 127 Å². The van der Waals surface area contributed by atoms with E-state index in [0.717, 1.165) is 35.5 Å². The number of carbonyl (C=O) groups excluding carboxylic acids is 6. The van der Waals surface area contributed by atoms with Gasteiger partial charge in [-0.3, -0.25) is 29.0 Å². The van der Waals surface area contributed by atoms with Gasteiger partial charge in [-0.2, -0.15) is 0 Å². The summed E-state index contributed by atoms with van der Waals surface area (Å²) in [7, 11) is 0. The molecule has 4 fully saturated rings. The Balaban J connectivity index is 1.19. The zero-order valence-corrected chi connectivity index (χ0v) is 20.4. The first kappa shape index (κ1) is 25.3. The van der Waals surface area contributed by atoms with Gasteiger partial charge in [0.25, 0.3) is 0 Å². The van der Waals surface area contributed by atoms with Gasteiger partial charge in [-0.05, 0) is 39.5 Å². The smallest absolute Gasteiger partial charge is 0.329 e. The van der Waals surface area contributed by atoms with E-state index in [-0.39, 0.29) is 66.9 Å². The Labute approximate surface area is 204 Å². The summed E-state index contributed by atoms with van der Waals surface area (Å²) in [5, 5.41) is 0. The average Bonchev–Trinajstić information content (AvgIpc) is 3.27.